The molecule has 1 spiro atoms. The fourth-order valence-corrected chi connectivity index (χ4v) is 3.35. The molecule has 0 amide bonds. The quantitative estimate of drug-likeness (QED) is 0.738. The average Bonchev–Trinajstić information content (AvgIpc) is 2.69. The van der Waals surface area contributed by atoms with E-state index in [-0.39, 0.29) is 5.60 Å². The van der Waals surface area contributed by atoms with Gasteiger partial charge in [0.05, 0.1) is 5.60 Å². The smallest absolute Gasteiger partial charge is 0.0800 e. The van der Waals surface area contributed by atoms with Gasteiger partial charge in [0, 0.05) is 13.7 Å². The number of hydrogen-bond donors (Lipinski definition) is 1. The summed E-state index contributed by atoms with van der Waals surface area (Å²) in [5, 5.41) is 0. The normalized spacial score (nSPS) is 29.6. The molecule has 2 rings (SSSR count). The van der Waals surface area contributed by atoms with Crippen molar-refractivity contribution in [1.29, 1.82) is 0 Å². The Morgan fingerprint density at radius 3 is 2.00 bits per heavy atom. The van der Waals surface area contributed by atoms with Crippen LogP contribution in [0, 0.1) is 5.41 Å². The van der Waals surface area contributed by atoms with Crippen LogP contribution in [0.3, 0.4) is 0 Å². The van der Waals surface area contributed by atoms with Crippen LogP contribution < -0.4 is 5.73 Å². The molecular formula is C12H23NO. The summed E-state index contributed by atoms with van der Waals surface area (Å²) in [5.41, 5.74) is 6.52. The standard InChI is InChI=1S/C12H23NO/c1-14-12(10-13)8-6-11(7-9-12)4-2-3-5-11/h2-10,13H2,1H3. The van der Waals surface area contributed by atoms with Crippen LogP contribution in [0.25, 0.3) is 0 Å². The van der Waals surface area contributed by atoms with Crippen LogP contribution in [0.15, 0.2) is 0 Å². The van der Waals surface area contributed by atoms with Crippen LogP contribution in [0.2, 0.25) is 0 Å². The zero-order chi connectivity index (χ0) is 10.1. The van der Waals surface area contributed by atoms with Gasteiger partial charge in [-0.2, -0.15) is 0 Å². The highest BCUT2D eigenvalue weighted by Gasteiger charge is 2.43. The van der Waals surface area contributed by atoms with Gasteiger partial charge < -0.3 is 10.5 Å². The van der Waals surface area contributed by atoms with Crippen molar-refractivity contribution in [3.05, 3.63) is 0 Å². The molecular weight excluding hydrogens is 174 g/mol. The van der Waals surface area contributed by atoms with E-state index in [2.05, 4.69) is 0 Å². The Kier molecular flexibility index (Phi) is 2.85. The second kappa shape index (κ2) is 3.82. The van der Waals surface area contributed by atoms with Gasteiger partial charge in [-0.1, -0.05) is 12.8 Å². The first-order valence-electron chi connectivity index (χ1n) is 6.00. The Bertz CT molecular complexity index is 174. The fraction of sp³-hybridized carbons (Fsp3) is 1.00. The van der Waals surface area contributed by atoms with Gasteiger partial charge in [-0.05, 0) is 43.9 Å². The van der Waals surface area contributed by atoms with Crippen molar-refractivity contribution in [3.63, 3.8) is 0 Å². The molecule has 0 aliphatic heterocycles. The molecule has 2 heteroatoms. The van der Waals surface area contributed by atoms with Crippen molar-refractivity contribution >= 4 is 0 Å². The molecule has 0 aromatic carbocycles. The van der Waals surface area contributed by atoms with Crippen LogP contribution in [-0.2, 0) is 4.74 Å². The van der Waals surface area contributed by atoms with E-state index >= 15 is 0 Å². The highest BCUT2D eigenvalue weighted by Crippen LogP contribution is 2.51. The Morgan fingerprint density at radius 2 is 1.57 bits per heavy atom. The Hall–Kier alpha value is -0.0800. The maximum absolute atomic E-state index is 5.81. The van der Waals surface area contributed by atoms with Crippen LogP contribution in [0.4, 0.5) is 0 Å². The minimum atomic E-state index is 0.0217. The van der Waals surface area contributed by atoms with Crippen molar-refractivity contribution in [3.8, 4) is 0 Å². The van der Waals surface area contributed by atoms with Gasteiger partial charge >= 0.3 is 0 Å². The molecule has 0 radical (unpaired) electrons. The monoisotopic (exact) mass is 197 g/mol. The molecule has 0 atom stereocenters. The average molecular weight is 197 g/mol. The maximum Gasteiger partial charge on any atom is 0.0800 e. The molecule has 2 saturated carbocycles. The molecule has 0 heterocycles. The lowest BCUT2D eigenvalue weighted by molar-refractivity contribution is -0.0591. The lowest BCUT2D eigenvalue weighted by Gasteiger charge is -2.43. The zero-order valence-corrected chi connectivity index (χ0v) is 9.35. The minimum Gasteiger partial charge on any atom is -0.377 e. The highest BCUT2D eigenvalue weighted by atomic mass is 16.5. The first-order valence-corrected chi connectivity index (χ1v) is 6.00. The molecule has 2 fully saturated rings. The summed E-state index contributed by atoms with van der Waals surface area (Å²) in [6.07, 6.45) is 10.9. The summed E-state index contributed by atoms with van der Waals surface area (Å²) in [5.74, 6) is 0. The summed E-state index contributed by atoms with van der Waals surface area (Å²) in [7, 11) is 1.82. The van der Waals surface area contributed by atoms with Crippen LogP contribution in [-0.4, -0.2) is 19.3 Å². The summed E-state index contributed by atoms with van der Waals surface area (Å²) in [6.45, 7) is 0.694. The third kappa shape index (κ3) is 1.70. The largest absolute Gasteiger partial charge is 0.377 e. The molecule has 0 bridgehead atoms. The van der Waals surface area contributed by atoms with Gasteiger partial charge in [-0.25, -0.2) is 0 Å². The summed E-state index contributed by atoms with van der Waals surface area (Å²) >= 11 is 0. The Balaban J connectivity index is 1.96. The van der Waals surface area contributed by atoms with E-state index < -0.39 is 0 Å². The number of ether oxygens (including phenoxy) is 1. The van der Waals surface area contributed by atoms with E-state index in [1.54, 1.807) is 0 Å². The van der Waals surface area contributed by atoms with Crippen LogP contribution >= 0.6 is 0 Å². The SMILES string of the molecule is COC1(CN)CCC2(CCCC2)CC1. The molecule has 14 heavy (non-hydrogen) atoms. The van der Waals surface area contributed by atoms with Gasteiger partial charge in [-0.15, -0.1) is 0 Å². The van der Waals surface area contributed by atoms with Gasteiger partial charge in [0.15, 0.2) is 0 Å². The molecule has 0 unspecified atom stereocenters. The Labute approximate surface area is 87.2 Å². The molecule has 0 aromatic heterocycles. The molecule has 2 N–H and O–H groups in total. The van der Waals surface area contributed by atoms with E-state index in [0.717, 1.165) is 0 Å². The fourth-order valence-electron chi connectivity index (χ4n) is 3.35. The van der Waals surface area contributed by atoms with Crippen molar-refractivity contribution in [2.45, 2.75) is 57.0 Å². The minimum absolute atomic E-state index is 0.0217. The molecule has 0 aromatic rings. The number of hydrogen-bond acceptors (Lipinski definition) is 2. The van der Waals surface area contributed by atoms with Gasteiger partial charge in [0.25, 0.3) is 0 Å². The first-order chi connectivity index (χ1) is 6.74. The molecule has 82 valence electrons. The second-order valence-corrected chi connectivity index (χ2v) is 5.30. The van der Waals surface area contributed by atoms with Gasteiger partial charge in [0.1, 0.15) is 0 Å². The van der Waals surface area contributed by atoms with Gasteiger partial charge in [0.2, 0.25) is 0 Å². The molecule has 2 aliphatic carbocycles. The van der Waals surface area contributed by atoms with Crippen LogP contribution in [0.5, 0.6) is 0 Å². The summed E-state index contributed by atoms with van der Waals surface area (Å²) in [6, 6.07) is 0. The van der Waals surface area contributed by atoms with Crippen molar-refractivity contribution in [1.82, 2.24) is 0 Å². The number of nitrogens with two attached hydrogens (primary N) is 1. The summed E-state index contributed by atoms with van der Waals surface area (Å²) in [4.78, 5) is 0. The zero-order valence-electron chi connectivity index (χ0n) is 9.35. The number of rotatable bonds is 2. The molecule has 2 nitrogen and oxygen atoms in total. The maximum atomic E-state index is 5.81. The Morgan fingerprint density at radius 1 is 1.00 bits per heavy atom. The molecule has 2 aliphatic rings. The third-order valence-corrected chi connectivity index (χ3v) is 4.69. The predicted molar refractivity (Wildman–Crippen MR) is 58.2 cm³/mol. The van der Waals surface area contributed by atoms with Crippen molar-refractivity contribution in [2.24, 2.45) is 11.1 Å². The van der Waals surface area contributed by atoms with E-state index in [4.69, 9.17) is 10.5 Å². The topological polar surface area (TPSA) is 35.2 Å². The van der Waals surface area contributed by atoms with Gasteiger partial charge in [-0.3, -0.25) is 0 Å². The predicted octanol–water partition coefficient (Wildman–Crippen LogP) is 2.46. The number of methoxy groups -OCH3 is 1. The van der Waals surface area contributed by atoms with E-state index in [1.807, 2.05) is 7.11 Å². The van der Waals surface area contributed by atoms with Crippen LogP contribution in [0.1, 0.15) is 51.4 Å². The lowest BCUT2D eigenvalue weighted by Crippen LogP contribution is -2.45. The second-order valence-electron chi connectivity index (χ2n) is 5.30. The molecule has 0 saturated heterocycles. The summed E-state index contributed by atoms with van der Waals surface area (Å²) < 4.78 is 5.61. The van der Waals surface area contributed by atoms with E-state index in [0.29, 0.717) is 12.0 Å². The van der Waals surface area contributed by atoms with E-state index in [1.165, 1.54) is 51.4 Å². The third-order valence-electron chi connectivity index (χ3n) is 4.69. The highest BCUT2D eigenvalue weighted by molar-refractivity contribution is 4.96. The lowest BCUT2D eigenvalue weighted by atomic mass is 9.67. The van der Waals surface area contributed by atoms with Crippen molar-refractivity contribution in [2.75, 3.05) is 13.7 Å². The first kappa shape index (κ1) is 10.4. The van der Waals surface area contributed by atoms with E-state index in [9.17, 15) is 0 Å². The van der Waals surface area contributed by atoms with Crippen molar-refractivity contribution < 1.29 is 4.74 Å².